The van der Waals surface area contributed by atoms with E-state index in [2.05, 4.69) is 9.47 Å². The molecule has 0 aromatic heterocycles. The second kappa shape index (κ2) is 11.8. The van der Waals surface area contributed by atoms with Crippen LogP contribution in [0.1, 0.15) is 10.4 Å². The molecule has 9 heteroatoms. The number of esters is 1. The lowest BCUT2D eigenvalue weighted by Crippen LogP contribution is -2.02. The topological polar surface area (TPSA) is 151 Å². The highest BCUT2D eigenvalue weighted by Gasteiger charge is 2.08. The van der Waals surface area contributed by atoms with Gasteiger partial charge in [0.15, 0.2) is 0 Å². The number of phenolic OH excluding ortho intramolecular Hbond substituents is 1. The average molecular weight is 352 g/mol. The van der Waals surface area contributed by atoms with E-state index in [1.54, 1.807) is 42.5 Å². The number of methoxy groups -OCH3 is 1. The van der Waals surface area contributed by atoms with E-state index in [4.69, 9.17) is 25.2 Å². The minimum atomic E-state index is -1.83. The van der Waals surface area contributed by atoms with E-state index in [9.17, 15) is 9.59 Å². The minimum Gasteiger partial charge on any atom is -0.507 e. The van der Waals surface area contributed by atoms with E-state index in [0.29, 0.717) is 5.75 Å². The zero-order chi connectivity index (χ0) is 19.2. The molecule has 0 aliphatic carbocycles. The van der Waals surface area contributed by atoms with Crippen LogP contribution in [0.4, 0.5) is 9.59 Å². The first kappa shape index (κ1) is 21.2. The fraction of sp³-hybridized carbons (Fsp3) is 0.0625. The molecule has 0 aliphatic heterocycles. The lowest BCUT2D eigenvalue weighted by atomic mass is 10.2. The molecule has 25 heavy (non-hydrogen) atoms. The minimum absolute atomic E-state index is 0.0562. The van der Waals surface area contributed by atoms with Crippen molar-refractivity contribution in [2.24, 2.45) is 0 Å². The van der Waals surface area contributed by atoms with Crippen LogP contribution in [0.25, 0.3) is 0 Å². The number of aromatic hydroxyl groups is 1. The first-order valence-corrected chi connectivity index (χ1v) is 6.52. The second-order valence-corrected chi connectivity index (χ2v) is 3.97. The molecule has 0 fully saturated rings. The Labute approximate surface area is 142 Å². The molecule has 2 rings (SSSR count). The lowest BCUT2D eigenvalue weighted by Gasteiger charge is -1.99. The van der Waals surface area contributed by atoms with Gasteiger partial charge < -0.3 is 29.9 Å². The molecular weight excluding hydrogens is 336 g/mol. The van der Waals surface area contributed by atoms with Gasteiger partial charge in [-0.2, -0.15) is 0 Å². The first-order chi connectivity index (χ1) is 11.8. The number of rotatable bonds is 2. The predicted octanol–water partition coefficient (Wildman–Crippen LogP) is 3.14. The van der Waals surface area contributed by atoms with Gasteiger partial charge in [-0.05, 0) is 24.3 Å². The lowest BCUT2D eigenvalue weighted by molar-refractivity contribution is 0.0597. The number of hydrogen-bond donors (Lipinski definition) is 4. The number of carbonyl (C=O) groups excluding carboxylic acids is 1. The van der Waals surface area contributed by atoms with Crippen LogP contribution in [-0.2, 0) is 4.74 Å². The molecule has 0 amide bonds. The third-order valence-electron chi connectivity index (χ3n) is 2.26. The molecule has 9 nitrogen and oxygen atoms in total. The van der Waals surface area contributed by atoms with Crippen molar-refractivity contribution >= 4 is 18.3 Å². The van der Waals surface area contributed by atoms with Gasteiger partial charge in [-0.1, -0.05) is 30.3 Å². The summed E-state index contributed by atoms with van der Waals surface area (Å²) < 4.78 is 8.75. The van der Waals surface area contributed by atoms with E-state index in [1.807, 2.05) is 0 Å². The summed E-state index contributed by atoms with van der Waals surface area (Å²) in [7, 11) is 1.27. The van der Waals surface area contributed by atoms with E-state index in [0.717, 1.165) is 0 Å². The maximum Gasteiger partial charge on any atom is 0.511 e. The largest absolute Gasteiger partial charge is 0.511 e. The Kier molecular flexibility index (Phi) is 10.0. The van der Waals surface area contributed by atoms with E-state index >= 15 is 0 Å². The molecule has 0 radical (unpaired) electrons. The Bertz CT molecular complexity index is 679. The highest BCUT2D eigenvalue weighted by molar-refractivity contribution is 5.92. The van der Waals surface area contributed by atoms with Gasteiger partial charge >= 0.3 is 18.3 Å². The second-order valence-electron chi connectivity index (χ2n) is 3.97. The summed E-state index contributed by atoms with van der Waals surface area (Å²) in [5.74, 6) is -0.238. The van der Waals surface area contributed by atoms with Crippen molar-refractivity contribution in [2.45, 2.75) is 0 Å². The number of ether oxygens (including phenoxy) is 2. The first-order valence-electron chi connectivity index (χ1n) is 6.52. The van der Waals surface area contributed by atoms with Crippen molar-refractivity contribution in [3.8, 4) is 11.5 Å². The van der Waals surface area contributed by atoms with Crippen LogP contribution in [0.2, 0.25) is 0 Å². The Morgan fingerprint density at radius 1 is 0.840 bits per heavy atom. The summed E-state index contributed by atoms with van der Waals surface area (Å²) in [6.07, 6.45) is -3.12. The third kappa shape index (κ3) is 10.6. The average Bonchev–Trinajstić information content (AvgIpc) is 2.55. The fourth-order valence-electron chi connectivity index (χ4n) is 1.35. The summed E-state index contributed by atoms with van der Waals surface area (Å²) in [5, 5.41) is 31.2. The third-order valence-corrected chi connectivity index (χ3v) is 2.26. The molecular formula is C16H16O9. The maximum absolute atomic E-state index is 10.9. The Hall–Kier alpha value is -3.75. The fourth-order valence-corrected chi connectivity index (χ4v) is 1.35. The van der Waals surface area contributed by atoms with Crippen LogP contribution in [0.5, 0.6) is 11.5 Å². The van der Waals surface area contributed by atoms with Crippen LogP contribution < -0.4 is 4.74 Å². The van der Waals surface area contributed by atoms with Gasteiger partial charge in [0.05, 0.1) is 7.11 Å². The standard InChI is InChI=1S/C8H8O3.C7H6O3.CH2O3/c1-11-8(10)6-4-2-3-5-7(6)9;8-7(9)10-6-4-2-1-3-5-6;2-1(3)4/h2-5,9H,1H3;1-5H,(H,8,9);(H2,2,3,4). The highest BCUT2D eigenvalue weighted by atomic mass is 16.7. The zero-order valence-corrected chi connectivity index (χ0v) is 13.0. The van der Waals surface area contributed by atoms with Gasteiger partial charge in [-0.25, -0.2) is 14.4 Å². The van der Waals surface area contributed by atoms with Crippen LogP contribution >= 0.6 is 0 Å². The molecule has 0 heterocycles. The number of hydrogen-bond acceptors (Lipinski definition) is 6. The van der Waals surface area contributed by atoms with Crippen molar-refractivity contribution in [3.05, 3.63) is 60.2 Å². The maximum atomic E-state index is 10.9. The number of para-hydroxylation sites is 2. The molecule has 4 N–H and O–H groups in total. The van der Waals surface area contributed by atoms with E-state index < -0.39 is 18.3 Å². The normalized spacial score (nSPS) is 8.52. The number of carboxylic acid groups (broad SMARTS) is 3. The number of phenols is 1. The number of benzene rings is 2. The number of carbonyl (C=O) groups is 3. The molecule has 0 aliphatic rings. The summed E-state index contributed by atoms with van der Waals surface area (Å²) in [4.78, 5) is 29.4. The SMILES string of the molecule is COC(=O)c1ccccc1O.O=C(O)O.O=C(O)Oc1ccccc1. The van der Waals surface area contributed by atoms with Crippen molar-refractivity contribution in [3.63, 3.8) is 0 Å². The van der Waals surface area contributed by atoms with E-state index in [-0.39, 0.29) is 11.3 Å². The molecule has 134 valence electrons. The van der Waals surface area contributed by atoms with Gasteiger partial charge in [0, 0.05) is 0 Å². The Morgan fingerprint density at radius 2 is 1.32 bits per heavy atom. The van der Waals surface area contributed by atoms with Crippen LogP contribution in [-0.4, -0.2) is 45.8 Å². The van der Waals surface area contributed by atoms with E-state index in [1.165, 1.54) is 19.2 Å². The quantitative estimate of drug-likeness (QED) is 0.472. The predicted molar refractivity (Wildman–Crippen MR) is 85.2 cm³/mol. The van der Waals surface area contributed by atoms with Gasteiger partial charge in [0.2, 0.25) is 0 Å². The van der Waals surface area contributed by atoms with Crippen LogP contribution in [0, 0.1) is 0 Å². The molecule has 0 unspecified atom stereocenters. The van der Waals surface area contributed by atoms with Crippen molar-refractivity contribution in [1.29, 1.82) is 0 Å². The smallest absolute Gasteiger partial charge is 0.507 e. The summed E-state index contributed by atoms with van der Waals surface area (Å²) in [6.45, 7) is 0. The molecule has 0 saturated carbocycles. The molecule has 0 saturated heterocycles. The van der Waals surface area contributed by atoms with Crippen LogP contribution in [0.3, 0.4) is 0 Å². The Morgan fingerprint density at radius 3 is 1.76 bits per heavy atom. The molecule has 0 spiro atoms. The van der Waals surface area contributed by atoms with Gasteiger partial charge in [-0.15, -0.1) is 0 Å². The summed E-state index contributed by atoms with van der Waals surface area (Å²) in [5.41, 5.74) is 0.190. The molecule has 2 aromatic carbocycles. The van der Waals surface area contributed by atoms with Crippen molar-refractivity contribution < 1.29 is 44.3 Å². The van der Waals surface area contributed by atoms with Crippen LogP contribution in [0.15, 0.2) is 54.6 Å². The van der Waals surface area contributed by atoms with Crippen molar-refractivity contribution in [2.75, 3.05) is 7.11 Å². The van der Waals surface area contributed by atoms with Gasteiger partial charge in [0.25, 0.3) is 0 Å². The zero-order valence-electron chi connectivity index (χ0n) is 13.0. The monoisotopic (exact) mass is 352 g/mol. The van der Waals surface area contributed by atoms with Gasteiger partial charge in [-0.3, -0.25) is 0 Å². The van der Waals surface area contributed by atoms with Crippen molar-refractivity contribution in [1.82, 2.24) is 0 Å². The molecule has 0 bridgehead atoms. The Balaban J connectivity index is 0.000000383. The summed E-state index contributed by atoms with van der Waals surface area (Å²) >= 11 is 0. The molecule has 2 aromatic rings. The molecule has 0 atom stereocenters. The highest BCUT2D eigenvalue weighted by Crippen LogP contribution is 2.15. The van der Waals surface area contributed by atoms with Gasteiger partial charge in [0.1, 0.15) is 17.1 Å². The summed E-state index contributed by atoms with van der Waals surface area (Å²) in [6, 6.07) is 14.6.